The first-order valence-electron chi connectivity index (χ1n) is 7.26. The van der Waals surface area contributed by atoms with Gasteiger partial charge in [-0.15, -0.1) is 0 Å². The number of amides is 1. The molecule has 158 valence electrons. The summed E-state index contributed by atoms with van der Waals surface area (Å²) in [6.07, 6.45) is -12.2. The van der Waals surface area contributed by atoms with E-state index in [1.54, 1.807) is 5.32 Å². The molecule has 1 aromatic heterocycles. The maximum atomic E-state index is 13.6. The van der Waals surface area contributed by atoms with Crippen LogP contribution in [-0.4, -0.2) is 28.2 Å². The van der Waals surface area contributed by atoms with Crippen molar-refractivity contribution in [3.05, 3.63) is 46.5 Å². The van der Waals surface area contributed by atoms with E-state index in [2.05, 4.69) is 5.10 Å². The van der Waals surface area contributed by atoms with Crippen molar-refractivity contribution in [2.45, 2.75) is 18.3 Å². The first kappa shape index (κ1) is 22.2. The first-order chi connectivity index (χ1) is 13.1. The lowest BCUT2D eigenvalue weighted by atomic mass is 10.1. The van der Waals surface area contributed by atoms with E-state index < -0.39 is 58.2 Å². The number of aromatic nitrogens is 2. The summed E-state index contributed by atoms with van der Waals surface area (Å²) in [7, 11) is 0.557. The summed E-state index contributed by atoms with van der Waals surface area (Å²) in [4.78, 5) is 22.9. The molecule has 0 saturated heterocycles. The molecule has 1 heterocycles. The van der Waals surface area contributed by atoms with Crippen LogP contribution in [0.3, 0.4) is 0 Å². The smallest absolute Gasteiger partial charge is 0.321 e. The molecule has 0 unspecified atom stereocenters. The van der Waals surface area contributed by atoms with Gasteiger partial charge in [-0.2, -0.15) is 40.2 Å². The van der Waals surface area contributed by atoms with Gasteiger partial charge in [0.25, 0.3) is 5.91 Å². The van der Waals surface area contributed by atoms with E-state index in [-0.39, 0.29) is 11.0 Å². The molecular formula is C15H8F9N3O2. The fraction of sp³-hybridized carbons (Fsp3) is 0.267. The minimum absolute atomic E-state index is 0.0260. The number of hydrogen-bond acceptors (Lipinski definition) is 3. The molecule has 1 amide bonds. The Hall–Kier alpha value is -3.06. The molecule has 0 aliphatic heterocycles. The molecule has 2 rings (SSSR count). The number of rotatable bonds is 4. The van der Waals surface area contributed by atoms with Crippen molar-refractivity contribution in [3.63, 3.8) is 0 Å². The lowest BCUT2D eigenvalue weighted by Crippen LogP contribution is -2.36. The van der Waals surface area contributed by atoms with Crippen molar-refractivity contribution in [3.8, 4) is 0 Å². The number of nitrogens with one attached hydrogen (secondary N) is 1. The number of halogens is 9. The van der Waals surface area contributed by atoms with Gasteiger partial charge in [0, 0.05) is 12.7 Å². The van der Waals surface area contributed by atoms with Gasteiger partial charge >= 0.3 is 18.3 Å². The fourth-order valence-electron chi connectivity index (χ4n) is 2.31. The summed E-state index contributed by atoms with van der Waals surface area (Å²) in [5.74, 6) is -8.80. The van der Waals surface area contributed by atoms with E-state index in [1.807, 2.05) is 0 Å². The highest BCUT2D eigenvalue weighted by atomic mass is 19.4. The zero-order valence-corrected chi connectivity index (χ0v) is 13.9. The maximum Gasteiger partial charge on any atom is 0.459 e. The predicted molar refractivity (Wildman–Crippen MR) is 77.9 cm³/mol. The van der Waals surface area contributed by atoms with Gasteiger partial charge in [-0.3, -0.25) is 14.3 Å². The summed E-state index contributed by atoms with van der Waals surface area (Å²) < 4.78 is 118. The number of aryl methyl sites for hydroxylation is 1. The zero-order valence-electron chi connectivity index (χ0n) is 13.9. The standard InChI is InChI=1S/C15H8F9N3O2/c1-27-10(12(29)25-7-2-3-8(16)6(4-7)5-28)9(14(19,20)21)11(26-27)13(17,18)15(22,23)24/h2-5H,1H3,(H,25,29). The number of carbonyl (C=O) groups is 2. The summed E-state index contributed by atoms with van der Waals surface area (Å²) in [6.45, 7) is 0. The van der Waals surface area contributed by atoms with Gasteiger partial charge in [0.15, 0.2) is 12.0 Å². The molecule has 0 aliphatic carbocycles. The van der Waals surface area contributed by atoms with Crippen LogP contribution >= 0.6 is 0 Å². The van der Waals surface area contributed by atoms with E-state index in [4.69, 9.17) is 0 Å². The lowest BCUT2D eigenvalue weighted by Gasteiger charge is -2.19. The highest BCUT2D eigenvalue weighted by Crippen LogP contribution is 2.48. The Bertz CT molecular complexity index is 961. The highest BCUT2D eigenvalue weighted by Gasteiger charge is 2.64. The van der Waals surface area contributed by atoms with Crippen molar-refractivity contribution in [2.24, 2.45) is 7.05 Å². The minimum Gasteiger partial charge on any atom is -0.321 e. The molecule has 0 spiro atoms. The number of anilines is 1. The Morgan fingerprint density at radius 1 is 1.10 bits per heavy atom. The normalized spacial score (nSPS) is 12.8. The van der Waals surface area contributed by atoms with Crippen LogP contribution in [-0.2, 0) is 19.1 Å². The molecule has 2 aromatic rings. The zero-order chi connectivity index (χ0) is 22.4. The largest absolute Gasteiger partial charge is 0.459 e. The molecule has 0 fully saturated rings. The van der Waals surface area contributed by atoms with Crippen LogP contribution in [0.25, 0.3) is 0 Å². The van der Waals surface area contributed by atoms with Crippen LogP contribution in [0.1, 0.15) is 32.1 Å². The Morgan fingerprint density at radius 2 is 1.69 bits per heavy atom. The van der Waals surface area contributed by atoms with E-state index in [1.165, 1.54) is 0 Å². The van der Waals surface area contributed by atoms with Gasteiger partial charge in [-0.25, -0.2) is 4.39 Å². The minimum atomic E-state index is -6.41. The van der Waals surface area contributed by atoms with E-state index in [9.17, 15) is 49.1 Å². The number of aldehydes is 1. The molecule has 0 radical (unpaired) electrons. The second kappa shape index (κ2) is 7.08. The molecule has 0 bridgehead atoms. The Balaban J connectivity index is 2.61. The van der Waals surface area contributed by atoms with Crippen LogP contribution in [0, 0.1) is 5.82 Å². The van der Waals surface area contributed by atoms with E-state index in [0.29, 0.717) is 13.1 Å². The quantitative estimate of drug-likeness (QED) is 0.578. The molecule has 1 aromatic carbocycles. The molecule has 0 aliphatic rings. The van der Waals surface area contributed by atoms with Crippen LogP contribution in [0.5, 0.6) is 0 Å². The number of nitrogens with zero attached hydrogens (tertiary/aromatic N) is 2. The molecule has 29 heavy (non-hydrogen) atoms. The maximum absolute atomic E-state index is 13.6. The van der Waals surface area contributed by atoms with Gasteiger partial charge in [0.1, 0.15) is 17.1 Å². The van der Waals surface area contributed by atoms with Crippen LogP contribution in [0.15, 0.2) is 18.2 Å². The van der Waals surface area contributed by atoms with Crippen molar-refractivity contribution in [1.82, 2.24) is 9.78 Å². The molecule has 0 saturated carbocycles. The number of benzene rings is 1. The van der Waals surface area contributed by atoms with Gasteiger partial charge in [0.2, 0.25) is 0 Å². The number of carbonyl (C=O) groups excluding carboxylic acids is 2. The molecule has 14 heteroatoms. The van der Waals surface area contributed by atoms with Crippen molar-refractivity contribution in [2.75, 3.05) is 5.32 Å². The number of hydrogen-bond donors (Lipinski definition) is 1. The van der Waals surface area contributed by atoms with E-state index in [0.717, 1.165) is 12.1 Å². The van der Waals surface area contributed by atoms with Crippen molar-refractivity contribution < 1.29 is 49.1 Å². The third-order valence-electron chi connectivity index (χ3n) is 3.58. The van der Waals surface area contributed by atoms with E-state index >= 15 is 0 Å². The molecule has 0 atom stereocenters. The van der Waals surface area contributed by atoms with Gasteiger partial charge in [0.05, 0.1) is 5.56 Å². The second-order valence-corrected chi connectivity index (χ2v) is 5.57. The Morgan fingerprint density at radius 3 is 2.17 bits per heavy atom. The van der Waals surface area contributed by atoms with Crippen molar-refractivity contribution >= 4 is 17.9 Å². The van der Waals surface area contributed by atoms with Gasteiger partial charge in [-0.05, 0) is 18.2 Å². The van der Waals surface area contributed by atoms with Crippen LogP contribution in [0.2, 0.25) is 0 Å². The third-order valence-corrected chi connectivity index (χ3v) is 3.58. The number of alkyl halides is 8. The SMILES string of the molecule is Cn1nc(C(F)(F)C(F)(F)F)c(C(F)(F)F)c1C(=O)Nc1ccc(F)c(C=O)c1. The molecule has 1 N–H and O–H groups in total. The second-order valence-electron chi connectivity index (χ2n) is 5.57. The average Bonchev–Trinajstić information content (AvgIpc) is 2.94. The fourth-order valence-corrected chi connectivity index (χ4v) is 2.31. The summed E-state index contributed by atoms with van der Waals surface area (Å²) >= 11 is 0. The Kier molecular flexibility index (Phi) is 5.43. The lowest BCUT2D eigenvalue weighted by molar-refractivity contribution is -0.292. The molecular weight excluding hydrogens is 425 g/mol. The first-order valence-corrected chi connectivity index (χ1v) is 7.26. The van der Waals surface area contributed by atoms with Gasteiger partial charge in [-0.1, -0.05) is 0 Å². The summed E-state index contributed by atoms with van der Waals surface area (Å²) in [6, 6.07) is 2.22. The Labute approximate surface area is 155 Å². The average molecular weight is 433 g/mol. The monoisotopic (exact) mass is 433 g/mol. The summed E-state index contributed by atoms with van der Waals surface area (Å²) in [5, 5.41) is 4.34. The predicted octanol–water partition coefficient (Wildman–Crippen LogP) is 4.30. The molecule has 5 nitrogen and oxygen atoms in total. The highest BCUT2D eigenvalue weighted by molar-refractivity contribution is 6.04. The third kappa shape index (κ3) is 4.05. The summed E-state index contributed by atoms with van der Waals surface area (Å²) in [5.41, 5.74) is -7.94. The topological polar surface area (TPSA) is 64.0 Å². The van der Waals surface area contributed by atoms with Crippen LogP contribution in [0.4, 0.5) is 45.2 Å². The van der Waals surface area contributed by atoms with Crippen molar-refractivity contribution in [1.29, 1.82) is 0 Å². The van der Waals surface area contributed by atoms with Gasteiger partial charge < -0.3 is 5.32 Å². The van der Waals surface area contributed by atoms with Crippen LogP contribution < -0.4 is 5.32 Å².